The minimum absolute atomic E-state index is 0.518. The first-order valence-electron chi connectivity index (χ1n) is 17.6. The van der Waals surface area contributed by atoms with Gasteiger partial charge in [-0.05, 0) is 48.3 Å². The van der Waals surface area contributed by atoms with Crippen LogP contribution in [0.5, 0.6) is 0 Å². The molecule has 0 fully saturated rings. The van der Waals surface area contributed by atoms with Crippen LogP contribution in [0.25, 0.3) is 0 Å². The Morgan fingerprint density at radius 3 is 0.895 bits per heavy atom. The van der Waals surface area contributed by atoms with Crippen LogP contribution >= 0.6 is 0 Å². The van der Waals surface area contributed by atoms with Gasteiger partial charge in [0.15, 0.2) is 0 Å². The highest BCUT2D eigenvalue weighted by Gasteiger charge is 2.09. The lowest BCUT2D eigenvalue weighted by Crippen LogP contribution is -2.01. The highest BCUT2D eigenvalue weighted by Crippen LogP contribution is 2.23. The molecular weight excluding hydrogens is 460 g/mol. The fourth-order valence-corrected chi connectivity index (χ4v) is 6.06. The summed E-state index contributed by atoms with van der Waals surface area (Å²) in [6, 6.07) is 0. The molecule has 0 aliphatic heterocycles. The van der Waals surface area contributed by atoms with Crippen molar-refractivity contribution in [2.24, 2.45) is 35.5 Å². The normalized spacial score (nSPS) is 15.2. The molecule has 1 nitrogen and oxygen atoms in total. The Morgan fingerprint density at radius 2 is 0.605 bits per heavy atom. The minimum Gasteiger partial charge on any atom is -0.300 e. The second-order valence-electron chi connectivity index (χ2n) is 14.7. The van der Waals surface area contributed by atoms with Crippen LogP contribution in [0.15, 0.2) is 0 Å². The molecule has 38 heavy (non-hydrogen) atoms. The number of hydrogen-bond acceptors (Lipinski definition) is 1. The zero-order valence-corrected chi connectivity index (χ0v) is 27.9. The molecule has 0 aromatic carbocycles. The molecule has 0 amide bonds. The molecule has 0 saturated heterocycles. The predicted molar refractivity (Wildman–Crippen MR) is 173 cm³/mol. The molecule has 0 bridgehead atoms. The quantitative estimate of drug-likeness (QED) is 0.0912. The van der Waals surface area contributed by atoms with Gasteiger partial charge in [0.2, 0.25) is 0 Å². The van der Waals surface area contributed by atoms with Crippen LogP contribution in [-0.4, -0.2) is 5.78 Å². The summed E-state index contributed by atoms with van der Waals surface area (Å²) in [5.41, 5.74) is 0. The minimum atomic E-state index is 0.518. The van der Waals surface area contributed by atoms with Crippen LogP contribution in [0.3, 0.4) is 0 Å². The summed E-state index contributed by atoms with van der Waals surface area (Å²) in [6.07, 6.45) is 28.5. The standard InChI is InChI=1S/C37H74O/c1-31(2)19-15-23-35(7)27-17-25-33(5)21-11-9-13-29-37(38)30-14-10-12-22-34(6)26-18-28-36(8)24-16-20-32(3)4/h31-36H,9-30H2,1-8H3. The lowest BCUT2D eigenvalue weighted by atomic mass is 9.91. The molecule has 0 spiro atoms. The second kappa shape index (κ2) is 25.6. The van der Waals surface area contributed by atoms with Crippen LogP contribution < -0.4 is 0 Å². The van der Waals surface area contributed by atoms with Gasteiger partial charge in [0.25, 0.3) is 0 Å². The molecule has 4 unspecified atom stereocenters. The number of hydrogen-bond donors (Lipinski definition) is 0. The van der Waals surface area contributed by atoms with Gasteiger partial charge in [0.1, 0.15) is 5.78 Å². The zero-order chi connectivity index (χ0) is 28.6. The molecule has 0 N–H and O–H groups in total. The Bertz CT molecular complexity index is 463. The maximum Gasteiger partial charge on any atom is 0.132 e. The van der Waals surface area contributed by atoms with Crippen molar-refractivity contribution < 1.29 is 4.79 Å². The number of rotatable bonds is 28. The van der Waals surface area contributed by atoms with E-state index in [4.69, 9.17) is 0 Å². The monoisotopic (exact) mass is 535 g/mol. The molecule has 0 aromatic heterocycles. The molecule has 0 aliphatic carbocycles. The van der Waals surface area contributed by atoms with Crippen molar-refractivity contribution in [2.75, 3.05) is 0 Å². The van der Waals surface area contributed by atoms with Gasteiger partial charge in [-0.25, -0.2) is 0 Å². The predicted octanol–water partition coefficient (Wildman–Crippen LogP) is 13.0. The van der Waals surface area contributed by atoms with Gasteiger partial charge in [0, 0.05) is 12.8 Å². The van der Waals surface area contributed by atoms with Crippen molar-refractivity contribution in [3.8, 4) is 0 Å². The van der Waals surface area contributed by atoms with E-state index in [1.807, 2.05) is 0 Å². The van der Waals surface area contributed by atoms with Gasteiger partial charge >= 0.3 is 0 Å². The van der Waals surface area contributed by atoms with Gasteiger partial charge in [0.05, 0.1) is 0 Å². The van der Waals surface area contributed by atoms with Crippen molar-refractivity contribution >= 4 is 5.78 Å². The Hall–Kier alpha value is -0.330. The topological polar surface area (TPSA) is 17.1 Å². The first kappa shape index (κ1) is 37.7. The van der Waals surface area contributed by atoms with E-state index in [-0.39, 0.29) is 0 Å². The highest BCUT2D eigenvalue weighted by molar-refractivity contribution is 5.78. The van der Waals surface area contributed by atoms with Crippen molar-refractivity contribution in [1.29, 1.82) is 0 Å². The highest BCUT2D eigenvalue weighted by atomic mass is 16.1. The molecule has 0 rings (SSSR count). The van der Waals surface area contributed by atoms with Crippen LogP contribution in [-0.2, 0) is 4.79 Å². The van der Waals surface area contributed by atoms with Crippen LogP contribution in [0, 0.1) is 35.5 Å². The number of carbonyl (C=O) groups is 1. The number of carbonyl (C=O) groups excluding carboxylic acids is 1. The van der Waals surface area contributed by atoms with Crippen LogP contribution in [0.4, 0.5) is 0 Å². The molecule has 0 aliphatic rings. The molecule has 4 atom stereocenters. The van der Waals surface area contributed by atoms with Gasteiger partial charge in [-0.1, -0.05) is 171 Å². The molecule has 0 saturated carbocycles. The average Bonchev–Trinajstić information content (AvgIpc) is 2.83. The SMILES string of the molecule is CC(C)CCCC(C)CCCC(C)CCCCCC(=O)CCCCCC(C)CCCC(C)CCCC(C)C. The van der Waals surface area contributed by atoms with E-state index in [1.165, 1.54) is 116 Å². The van der Waals surface area contributed by atoms with Crippen molar-refractivity contribution in [2.45, 2.75) is 197 Å². The second-order valence-corrected chi connectivity index (χ2v) is 14.7. The maximum absolute atomic E-state index is 12.3. The van der Waals surface area contributed by atoms with E-state index in [2.05, 4.69) is 55.4 Å². The largest absolute Gasteiger partial charge is 0.300 e. The summed E-state index contributed by atoms with van der Waals surface area (Å²) in [4.78, 5) is 12.3. The number of ketones is 1. The summed E-state index contributed by atoms with van der Waals surface area (Å²) in [5.74, 6) is 5.74. The molecule has 228 valence electrons. The Balaban J connectivity index is 3.53. The van der Waals surface area contributed by atoms with E-state index in [0.717, 1.165) is 61.2 Å². The van der Waals surface area contributed by atoms with Gasteiger partial charge in [-0.15, -0.1) is 0 Å². The third-order valence-corrected chi connectivity index (χ3v) is 9.05. The summed E-state index contributed by atoms with van der Waals surface area (Å²) < 4.78 is 0. The Kier molecular flexibility index (Phi) is 25.4. The van der Waals surface area contributed by atoms with E-state index in [9.17, 15) is 4.79 Å². The van der Waals surface area contributed by atoms with E-state index in [0.29, 0.717) is 5.78 Å². The number of unbranched alkanes of at least 4 members (excludes halogenated alkanes) is 4. The van der Waals surface area contributed by atoms with Crippen molar-refractivity contribution in [1.82, 2.24) is 0 Å². The number of Topliss-reactive ketones (excluding diaryl/α,β-unsaturated/α-hetero) is 1. The Labute approximate surface area is 242 Å². The molecule has 0 heterocycles. The third-order valence-electron chi connectivity index (χ3n) is 9.05. The van der Waals surface area contributed by atoms with Crippen molar-refractivity contribution in [3.05, 3.63) is 0 Å². The van der Waals surface area contributed by atoms with E-state index >= 15 is 0 Å². The average molecular weight is 535 g/mol. The molecule has 0 aromatic rings. The fraction of sp³-hybridized carbons (Fsp3) is 0.973. The van der Waals surface area contributed by atoms with Gasteiger partial charge in [-0.2, -0.15) is 0 Å². The first-order chi connectivity index (χ1) is 18.1. The van der Waals surface area contributed by atoms with E-state index < -0.39 is 0 Å². The van der Waals surface area contributed by atoms with Crippen LogP contribution in [0.2, 0.25) is 0 Å². The maximum atomic E-state index is 12.3. The lowest BCUT2D eigenvalue weighted by Gasteiger charge is -2.15. The van der Waals surface area contributed by atoms with Gasteiger partial charge < -0.3 is 0 Å². The van der Waals surface area contributed by atoms with Gasteiger partial charge in [-0.3, -0.25) is 4.79 Å². The molecular formula is C37H74O. The van der Waals surface area contributed by atoms with Crippen LogP contribution in [0.1, 0.15) is 197 Å². The molecule has 1 heteroatoms. The van der Waals surface area contributed by atoms with E-state index in [1.54, 1.807) is 0 Å². The molecule has 0 radical (unpaired) electrons. The smallest absolute Gasteiger partial charge is 0.132 e. The lowest BCUT2D eigenvalue weighted by molar-refractivity contribution is -0.119. The Morgan fingerprint density at radius 1 is 0.342 bits per heavy atom. The first-order valence-corrected chi connectivity index (χ1v) is 17.6. The fourth-order valence-electron chi connectivity index (χ4n) is 6.06. The summed E-state index contributed by atoms with van der Waals surface area (Å²) >= 11 is 0. The summed E-state index contributed by atoms with van der Waals surface area (Å²) in [7, 11) is 0. The van der Waals surface area contributed by atoms with Crippen molar-refractivity contribution in [3.63, 3.8) is 0 Å². The third kappa shape index (κ3) is 27.2. The zero-order valence-electron chi connectivity index (χ0n) is 27.9. The summed E-state index contributed by atoms with van der Waals surface area (Å²) in [6.45, 7) is 19.1. The summed E-state index contributed by atoms with van der Waals surface area (Å²) in [5, 5.41) is 0.